The van der Waals surface area contributed by atoms with Crippen LogP contribution in [0, 0.1) is 5.92 Å². The Kier molecular flexibility index (Phi) is 6.22. The van der Waals surface area contributed by atoms with Gasteiger partial charge in [-0.3, -0.25) is 4.79 Å². The lowest BCUT2D eigenvalue weighted by molar-refractivity contribution is -0.128. The molecule has 0 aromatic carbocycles. The number of sulfonamides is 1. The van der Waals surface area contributed by atoms with Gasteiger partial charge < -0.3 is 10.2 Å². The average molecular weight is 291 g/mol. The number of nitrogens with one attached hydrogen (secondary N) is 1. The molecule has 1 N–H and O–H groups in total. The summed E-state index contributed by atoms with van der Waals surface area (Å²) in [4.78, 5) is 12.9. The van der Waals surface area contributed by atoms with Gasteiger partial charge in [0.1, 0.15) is 0 Å². The van der Waals surface area contributed by atoms with E-state index >= 15 is 0 Å². The molecule has 6 nitrogen and oxygen atoms in total. The predicted molar refractivity (Wildman–Crippen MR) is 75.3 cm³/mol. The standard InChI is InChI=1S/C12H25N3O3S/c1-14(2)12(16)10-15(3)19(17,18)9-6-11-4-7-13-8-5-11/h11,13H,4-10H2,1-3H3. The van der Waals surface area contributed by atoms with Crippen molar-refractivity contribution in [3.05, 3.63) is 0 Å². The number of nitrogens with zero attached hydrogens (tertiary/aromatic N) is 2. The summed E-state index contributed by atoms with van der Waals surface area (Å²) >= 11 is 0. The summed E-state index contributed by atoms with van der Waals surface area (Å²) in [7, 11) is 1.39. The van der Waals surface area contributed by atoms with Crippen molar-refractivity contribution in [2.75, 3.05) is 46.5 Å². The highest BCUT2D eigenvalue weighted by atomic mass is 32.2. The highest BCUT2D eigenvalue weighted by Gasteiger charge is 2.23. The molecule has 19 heavy (non-hydrogen) atoms. The fourth-order valence-corrected chi connectivity index (χ4v) is 3.32. The van der Waals surface area contributed by atoms with Gasteiger partial charge in [-0.2, -0.15) is 4.31 Å². The maximum atomic E-state index is 12.1. The third-order valence-electron chi connectivity index (χ3n) is 3.57. The molecule has 1 amide bonds. The molecule has 0 aromatic heterocycles. The second-order valence-corrected chi connectivity index (χ2v) is 7.54. The van der Waals surface area contributed by atoms with Gasteiger partial charge in [-0.1, -0.05) is 0 Å². The van der Waals surface area contributed by atoms with Crippen molar-refractivity contribution < 1.29 is 13.2 Å². The van der Waals surface area contributed by atoms with Gasteiger partial charge in [-0.25, -0.2) is 8.42 Å². The summed E-state index contributed by atoms with van der Waals surface area (Å²) in [5, 5.41) is 3.26. The molecule has 0 atom stereocenters. The summed E-state index contributed by atoms with van der Waals surface area (Å²) in [6, 6.07) is 0. The van der Waals surface area contributed by atoms with Crippen molar-refractivity contribution in [3.8, 4) is 0 Å². The van der Waals surface area contributed by atoms with Crippen molar-refractivity contribution in [1.29, 1.82) is 0 Å². The van der Waals surface area contributed by atoms with Crippen LogP contribution in [0.3, 0.4) is 0 Å². The first-order valence-corrected chi connectivity index (χ1v) is 8.28. The largest absolute Gasteiger partial charge is 0.348 e. The molecule has 112 valence electrons. The Morgan fingerprint density at radius 3 is 2.32 bits per heavy atom. The van der Waals surface area contributed by atoms with Gasteiger partial charge in [0.2, 0.25) is 15.9 Å². The first-order valence-electron chi connectivity index (χ1n) is 6.68. The van der Waals surface area contributed by atoms with Gasteiger partial charge in [0.25, 0.3) is 0 Å². The topological polar surface area (TPSA) is 69.7 Å². The molecule has 0 aliphatic carbocycles. The van der Waals surface area contributed by atoms with Crippen LogP contribution in [0.15, 0.2) is 0 Å². The molecular weight excluding hydrogens is 266 g/mol. The minimum Gasteiger partial charge on any atom is -0.348 e. The van der Waals surface area contributed by atoms with Crippen LogP contribution in [-0.4, -0.2) is 70.1 Å². The molecule has 0 spiro atoms. The molecule has 1 heterocycles. The molecule has 1 aliphatic rings. The van der Waals surface area contributed by atoms with Crippen LogP contribution in [0.4, 0.5) is 0 Å². The number of amides is 1. The molecule has 0 unspecified atom stereocenters. The smallest absolute Gasteiger partial charge is 0.237 e. The summed E-state index contributed by atoms with van der Waals surface area (Å²) in [5.41, 5.74) is 0. The number of hydrogen-bond donors (Lipinski definition) is 1. The van der Waals surface area contributed by atoms with Gasteiger partial charge in [0, 0.05) is 21.1 Å². The first kappa shape index (κ1) is 16.4. The predicted octanol–water partition coefficient (Wildman–Crippen LogP) is -0.274. The molecule has 0 radical (unpaired) electrons. The Labute approximate surface area is 116 Å². The van der Waals surface area contributed by atoms with Crippen LogP contribution in [-0.2, 0) is 14.8 Å². The Balaban J connectivity index is 2.43. The second kappa shape index (κ2) is 7.21. The molecule has 0 saturated carbocycles. The Hall–Kier alpha value is -0.660. The summed E-state index contributed by atoms with van der Waals surface area (Å²) in [5.74, 6) is 0.413. The van der Waals surface area contributed by atoms with Crippen LogP contribution < -0.4 is 5.32 Å². The van der Waals surface area contributed by atoms with E-state index in [-0.39, 0.29) is 18.2 Å². The zero-order chi connectivity index (χ0) is 14.5. The number of piperidine rings is 1. The fourth-order valence-electron chi connectivity index (χ4n) is 2.07. The van der Waals surface area contributed by atoms with E-state index in [1.165, 1.54) is 11.9 Å². The van der Waals surface area contributed by atoms with Gasteiger partial charge >= 0.3 is 0 Å². The lowest BCUT2D eigenvalue weighted by Crippen LogP contribution is -2.39. The minimum absolute atomic E-state index is 0.0818. The summed E-state index contributed by atoms with van der Waals surface area (Å²) < 4.78 is 25.3. The lowest BCUT2D eigenvalue weighted by atomic mass is 9.96. The third-order valence-corrected chi connectivity index (χ3v) is 5.40. The molecule has 1 saturated heterocycles. The van der Waals surface area contributed by atoms with Gasteiger partial charge in [-0.05, 0) is 38.3 Å². The SMILES string of the molecule is CN(C)C(=O)CN(C)S(=O)(=O)CCC1CCNCC1. The van der Waals surface area contributed by atoms with E-state index in [0.29, 0.717) is 12.3 Å². The number of likely N-dealkylation sites (N-methyl/N-ethyl adjacent to an activating group) is 2. The number of carbonyl (C=O) groups is 1. The van der Waals surface area contributed by atoms with E-state index in [1.807, 2.05) is 0 Å². The van der Waals surface area contributed by atoms with E-state index in [0.717, 1.165) is 30.2 Å². The number of carbonyl (C=O) groups excluding carboxylic acids is 1. The molecule has 7 heteroatoms. The van der Waals surface area contributed by atoms with E-state index in [2.05, 4.69) is 5.32 Å². The van der Waals surface area contributed by atoms with Crippen LogP contribution >= 0.6 is 0 Å². The van der Waals surface area contributed by atoms with Crippen molar-refractivity contribution in [2.24, 2.45) is 5.92 Å². The molecule has 1 aliphatic heterocycles. The van der Waals surface area contributed by atoms with E-state index < -0.39 is 10.0 Å². The Morgan fingerprint density at radius 2 is 1.79 bits per heavy atom. The van der Waals surface area contributed by atoms with Crippen LogP contribution in [0.5, 0.6) is 0 Å². The van der Waals surface area contributed by atoms with Crippen molar-refractivity contribution in [2.45, 2.75) is 19.3 Å². The molecule has 1 rings (SSSR count). The van der Waals surface area contributed by atoms with Crippen molar-refractivity contribution in [1.82, 2.24) is 14.5 Å². The van der Waals surface area contributed by atoms with Crippen molar-refractivity contribution >= 4 is 15.9 Å². The zero-order valence-electron chi connectivity index (χ0n) is 12.1. The highest BCUT2D eigenvalue weighted by Crippen LogP contribution is 2.17. The van der Waals surface area contributed by atoms with Crippen LogP contribution in [0.25, 0.3) is 0 Å². The average Bonchev–Trinajstić information content (AvgIpc) is 2.37. The quantitative estimate of drug-likeness (QED) is 0.731. The zero-order valence-corrected chi connectivity index (χ0v) is 12.9. The van der Waals surface area contributed by atoms with E-state index in [4.69, 9.17) is 0 Å². The molecule has 0 bridgehead atoms. The first-order chi connectivity index (χ1) is 8.83. The monoisotopic (exact) mass is 291 g/mol. The maximum absolute atomic E-state index is 12.1. The molecule has 1 fully saturated rings. The normalized spacial score (nSPS) is 17.7. The van der Waals surface area contributed by atoms with Gasteiger partial charge in [0.15, 0.2) is 0 Å². The maximum Gasteiger partial charge on any atom is 0.237 e. The summed E-state index contributed by atoms with van der Waals surface area (Å²) in [6.07, 6.45) is 2.76. The van der Waals surface area contributed by atoms with Gasteiger partial charge in [-0.15, -0.1) is 0 Å². The third kappa shape index (κ3) is 5.46. The van der Waals surface area contributed by atoms with Gasteiger partial charge in [0.05, 0.1) is 12.3 Å². The highest BCUT2D eigenvalue weighted by molar-refractivity contribution is 7.89. The summed E-state index contributed by atoms with van der Waals surface area (Å²) in [6.45, 7) is 1.86. The van der Waals surface area contributed by atoms with E-state index in [9.17, 15) is 13.2 Å². The molecule has 0 aromatic rings. The van der Waals surface area contributed by atoms with Crippen LogP contribution in [0.1, 0.15) is 19.3 Å². The number of rotatable bonds is 6. The van der Waals surface area contributed by atoms with E-state index in [1.54, 1.807) is 14.1 Å². The minimum atomic E-state index is -3.32. The number of hydrogen-bond acceptors (Lipinski definition) is 4. The fraction of sp³-hybridized carbons (Fsp3) is 0.917. The Bertz CT molecular complexity index is 389. The second-order valence-electron chi connectivity index (χ2n) is 5.34. The Morgan fingerprint density at radius 1 is 1.21 bits per heavy atom. The van der Waals surface area contributed by atoms with Crippen molar-refractivity contribution in [3.63, 3.8) is 0 Å². The van der Waals surface area contributed by atoms with Crippen LogP contribution in [0.2, 0.25) is 0 Å². The molecular formula is C12H25N3O3S. The lowest BCUT2D eigenvalue weighted by Gasteiger charge is -2.24.